The van der Waals surface area contributed by atoms with Crippen LogP contribution in [0, 0.1) is 0 Å². The molecule has 0 aliphatic carbocycles. The molecule has 0 bridgehead atoms. The molecule has 0 radical (unpaired) electrons. The lowest BCUT2D eigenvalue weighted by molar-refractivity contribution is -0.120. The number of para-hydroxylation sites is 1. The first kappa shape index (κ1) is 12.2. The van der Waals surface area contributed by atoms with E-state index in [9.17, 15) is 9.59 Å². The molecule has 0 saturated heterocycles. The second-order valence-corrected chi connectivity index (χ2v) is 3.98. The molecule has 2 rings (SSSR count). The van der Waals surface area contributed by atoms with Crippen molar-refractivity contribution in [2.45, 2.75) is 13.0 Å². The predicted molar refractivity (Wildman–Crippen MR) is 67.6 cm³/mol. The summed E-state index contributed by atoms with van der Waals surface area (Å²) in [7, 11) is 1.58. The van der Waals surface area contributed by atoms with E-state index in [4.69, 9.17) is 5.11 Å². The van der Waals surface area contributed by atoms with Crippen LogP contribution in [0.3, 0.4) is 0 Å². The third-order valence-electron chi connectivity index (χ3n) is 2.88. The smallest absolute Gasteiger partial charge is 0.337 e. The summed E-state index contributed by atoms with van der Waals surface area (Å²) in [5.41, 5.74) is 1.10. The number of amides is 1. The van der Waals surface area contributed by atoms with E-state index in [0.29, 0.717) is 18.4 Å². The van der Waals surface area contributed by atoms with Crippen LogP contribution in [0.2, 0.25) is 0 Å². The summed E-state index contributed by atoms with van der Waals surface area (Å²) in [6.45, 7) is 0.466. The Morgan fingerprint density at radius 1 is 1.33 bits per heavy atom. The van der Waals surface area contributed by atoms with Gasteiger partial charge in [0.2, 0.25) is 5.91 Å². The lowest BCUT2D eigenvalue weighted by Crippen LogP contribution is -2.19. The number of aromatic nitrogens is 1. The number of carboxylic acids is 1. The molecule has 0 unspecified atom stereocenters. The second-order valence-electron chi connectivity index (χ2n) is 3.98. The quantitative estimate of drug-likeness (QED) is 0.858. The minimum absolute atomic E-state index is 0.0651. The molecule has 1 aromatic carbocycles. The van der Waals surface area contributed by atoms with Crippen molar-refractivity contribution in [1.29, 1.82) is 0 Å². The zero-order valence-electron chi connectivity index (χ0n) is 10.0. The number of aryl methyl sites for hydroxylation is 1. The summed E-state index contributed by atoms with van der Waals surface area (Å²) in [5, 5.41) is 12.4. The Kier molecular flexibility index (Phi) is 3.32. The van der Waals surface area contributed by atoms with Gasteiger partial charge in [-0.2, -0.15) is 0 Å². The van der Waals surface area contributed by atoms with E-state index in [-0.39, 0.29) is 11.5 Å². The van der Waals surface area contributed by atoms with Gasteiger partial charge < -0.3 is 15.0 Å². The number of carboxylic acid groups (broad SMARTS) is 1. The molecule has 2 N–H and O–H groups in total. The van der Waals surface area contributed by atoms with Crippen molar-refractivity contribution in [3.63, 3.8) is 0 Å². The second kappa shape index (κ2) is 4.91. The monoisotopic (exact) mass is 246 g/mol. The first-order valence-corrected chi connectivity index (χ1v) is 5.65. The van der Waals surface area contributed by atoms with E-state index in [2.05, 4.69) is 5.32 Å². The topological polar surface area (TPSA) is 71.3 Å². The Morgan fingerprint density at radius 2 is 2.06 bits per heavy atom. The van der Waals surface area contributed by atoms with Crippen molar-refractivity contribution in [3.8, 4) is 0 Å². The maximum absolute atomic E-state index is 11.2. The Bertz CT molecular complexity index is 601. The SMILES string of the molecule is CNC(=O)CCn1cc(C(=O)O)c2ccccc21. The first-order chi connectivity index (χ1) is 8.63. The summed E-state index contributed by atoms with van der Waals surface area (Å²) in [5.74, 6) is -1.02. The van der Waals surface area contributed by atoms with Crippen LogP contribution in [0.5, 0.6) is 0 Å². The van der Waals surface area contributed by atoms with Crippen LogP contribution in [0.4, 0.5) is 0 Å². The Balaban J connectivity index is 2.39. The van der Waals surface area contributed by atoms with Gasteiger partial charge in [-0.15, -0.1) is 0 Å². The highest BCUT2D eigenvalue weighted by molar-refractivity contribution is 6.03. The highest BCUT2D eigenvalue weighted by atomic mass is 16.4. The largest absolute Gasteiger partial charge is 0.478 e. The van der Waals surface area contributed by atoms with Gasteiger partial charge in [0, 0.05) is 37.1 Å². The molecule has 1 heterocycles. The van der Waals surface area contributed by atoms with Gasteiger partial charge in [0.15, 0.2) is 0 Å². The number of hydrogen-bond donors (Lipinski definition) is 2. The van der Waals surface area contributed by atoms with E-state index >= 15 is 0 Å². The highest BCUT2D eigenvalue weighted by Crippen LogP contribution is 2.21. The van der Waals surface area contributed by atoms with Crippen LogP contribution in [-0.4, -0.2) is 28.6 Å². The maximum Gasteiger partial charge on any atom is 0.337 e. The summed E-state index contributed by atoms with van der Waals surface area (Å²) in [6, 6.07) is 7.28. The molecular weight excluding hydrogens is 232 g/mol. The van der Waals surface area contributed by atoms with Gasteiger partial charge in [-0.25, -0.2) is 4.79 Å². The average molecular weight is 246 g/mol. The van der Waals surface area contributed by atoms with Gasteiger partial charge >= 0.3 is 5.97 Å². The normalized spacial score (nSPS) is 10.5. The van der Waals surface area contributed by atoms with Crippen LogP contribution in [0.15, 0.2) is 30.5 Å². The molecule has 5 heteroatoms. The fourth-order valence-electron chi connectivity index (χ4n) is 1.95. The third-order valence-corrected chi connectivity index (χ3v) is 2.88. The molecule has 18 heavy (non-hydrogen) atoms. The highest BCUT2D eigenvalue weighted by Gasteiger charge is 2.13. The number of benzene rings is 1. The first-order valence-electron chi connectivity index (χ1n) is 5.65. The van der Waals surface area contributed by atoms with Crippen LogP contribution < -0.4 is 5.32 Å². The number of hydrogen-bond acceptors (Lipinski definition) is 2. The van der Waals surface area contributed by atoms with Gasteiger partial charge in [-0.3, -0.25) is 4.79 Å². The van der Waals surface area contributed by atoms with Crippen LogP contribution in [0.25, 0.3) is 10.9 Å². The molecule has 0 aliphatic heterocycles. The van der Waals surface area contributed by atoms with Gasteiger partial charge in [0.05, 0.1) is 5.56 Å². The number of carbonyl (C=O) groups is 2. The van der Waals surface area contributed by atoms with E-state index in [1.807, 2.05) is 12.1 Å². The van der Waals surface area contributed by atoms with Gasteiger partial charge in [0.25, 0.3) is 0 Å². The minimum atomic E-state index is -0.954. The summed E-state index contributed by atoms with van der Waals surface area (Å²) in [4.78, 5) is 22.4. The lowest BCUT2D eigenvalue weighted by Gasteiger charge is -2.04. The predicted octanol–water partition coefficient (Wildman–Crippen LogP) is 1.48. The van der Waals surface area contributed by atoms with Crippen molar-refractivity contribution in [1.82, 2.24) is 9.88 Å². The van der Waals surface area contributed by atoms with E-state index < -0.39 is 5.97 Å². The van der Waals surface area contributed by atoms with Crippen molar-refractivity contribution >= 4 is 22.8 Å². The molecule has 94 valence electrons. The number of rotatable bonds is 4. The third kappa shape index (κ3) is 2.20. The Hall–Kier alpha value is -2.30. The van der Waals surface area contributed by atoms with Crippen molar-refractivity contribution in [2.75, 3.05) is 7.05 Å². The number of nitrogens with zero attached hydrogens (tertiary/aromatic N) is 1. The molecule has 0 atom stereocenters. The van der Waals surface area contributed by atoms with E-state index in [0.717, 1.165) is 5.52 Å². The zero-order chi connectivity index (χ0) is 13.1. The molecule has 0 fully saturated rings. The minimum Gasteiger partial charge on any atom is -0.478 e. The molecule has 0 spiro atoms. The Morgan fingerprint density at radius 3 is 2.72 bits per heavy atom. The number of aromatic carboxylic acids is 1. The fraction of sp³-hybridized carbons (Fsp3) is 0.231. The van der Waals surface area contributed by atoms with E-state index in [1.165, 1.54) is 0 Å². The van der Waals surface area contributed by atoms with Crippen molar-refractivity contribution in [3.05, 3.63) is 36.0 Å². The van der Waals surface area contributed by atoms with Crippen molar-refractivity contribution in [2.24, 2.45) is 0 Å². The molecule has 2 aromatic rings. The fourth-order valence-corrected chi connectivity index (χ4v) is 1.95. The number of nitrogens with one attached hydrogen (secondary N) is 1. The Labute approximate surface area is 104 Å². The van der Waals surface area contributed by atoms with Gasteiger partial charge in [0.1, 0.15) is 0 Å². The molecule has 1 aromatic heterocycles. The number of fused-ring (bicyclic) bond motifs is 1. The van der Waals surface area contributed by atoms with E-state index in [1.54, 1.807) is 29.9 Å². The molecule has 5 nitrogen and oxygen atoms in total. The van der Waals surface area contributed by atoms with Crippen molar-refractivity contribution < 1.29 is 14.7 Å². The zero-order valence-corrected chi connectivity index (χ0v) is 10.0. The lowest BCUT2D eigenvalue weighted by atomic mass is 10.2. The number of carbonyl (C=O) groups excluding carboxylic acids is 1. The standard InChI is InChI=1S/C13H14N2O3/c1-14-12(16)6-7-15-8-10(13(17)18)9-4-2-3-5-11(9)15/h2-5,8H,6-7H2,1H3,(H,14,16)(H,17,18). The molecule has 1 amide bonds. The van der Waals surface area contributed by atoms with Crippen LogP contribution in [0.1, 0.15) is 16.8 Å². The van der Waals surface area contributed by atoms with Crippen LogP contribution >= 0.6 is 0 Å². The maximum atomic E-state index is 11.2. The summed E-state index contributed by atoms with van der Waals surface area (Å²) < 4.78 is 1.80. The average Bonchev–Trinajstić information content (AvgIpc) is 2.75. The molecule has 0 aliphatic rings. The summed E-state index contributed by atoms with van der Waals surface area (Å²) in [6.07, 6.45) is 1.91. The molecular formula is C13H14N2O3. The van der Waals surface area contributed by atoms with Gasteiger partial charge in [-0.1, -0.05) is 18.2 Å². The summed E-state index contributed by atoms with van der Waals surface area (Å²) >= 11 is 0. The van der Waals surface area contributed by atoms with Crippen LogP contribution in [-0.2, 0) is 11.3 Å². The molecule has 0 saturated carbocycles. The van der Waals surface area contributed by atoms with Gasteiger partial charge in [-0.05, 0) is 6.07 Å².